The minimum absolute atomic E-state index is 0.000400. The van der Waals surface area contributed by atoms with Crippen molar-refractivity contribution < 1.29 is 33.8 Å². The highest BCUT2D eigenvalue weighted by atomic mass is 32.1. The van der Waals surface area contributed by atoms with Crippen LogP contribution in [0.4, 0.5) is 4.79 Å². The number of para-hydroxylation sites is 1. The minimum Gasteiger partial charge on any atom is -0.507 e. The fourth-order valence-electron chi connectivity index (χ4n) is 3.94. The van der Waals surface area contributed by atoms with Crippen molar-refractivity contribution in [2.45, 2.75) is 84.0 Å². The number of rotatable bonds is 11. The summed E-state index contributed by atoms with van der Waals surface area (Å²) < 4.78 is 10.2. The molecule has 11 heteroatoms. The molecule has 0 bridgehead atoms. The van der Waals surface area contributed by atoms with Crippen molar-refractivity contribution >= 4 is 36.5 Å². The lowest BCUT2D eigenvalue weighted by Crippen LogP contribution is -2.58. The Kier molecular flexibility index (Phi) is 11.1. The molecule has 1 saturated carbocycles. The molecule has 10 nitrogen and oxygen atoms in total. The third kappa shape index (κ3) is 8.55. The Balaban J connectivity index is 2.41. The molecule has 206 valence electrons. The quantitative estimate of drug-likeness (QED) is 0.252. The van der Waals surface area contributed by atoms with Gasteiger partial charge in [-0.2, -0.15) is 12.6 Å². The molecule has 1 aliphatic rings. The second kappa shape index (κ2) is 13.6. The van der Waals surface area contributed by atoms with E-state index in [1.807, 2.05) is 0 Å². The highest BCUT2D eigenvalue weighted by molar-refractivity contribution is 7.80. The van der Waals surface area contributed by atoms with E-state index in [4.69, 9.17) is 9.47 Å². The van der Waals surface area contributed by atoms with Crippen molar-refractivity contribution in [2.24, 2.45) is 0 Å². The van der Waals surface area contributed by atoms with Gasteiger partial charge in [0.05, 0.1) is 13.0 Å². The molecule has 2 unspecified atom stereocenters. The Morgan fingerprint density at radius 3 is 2.43 bits per heavy atom. The largest absolute Gasteiger partial charge is 0.507 e. The lowest BCUT2D eigenvalue weighted by Gasteiger charge is -2.43. The number of carbonyl (C=O) groups excluding carboxylic acids is 4. The van der Waals surface area contributed by atoms with E-state index in [0.29, 0.717) is 18.4 Å². The zero-order chi connectivity index (χ0) is 27.8. The van der Waals surface area contributed by atoms with Gasteiger partial charge in [0, 0.05) is 23.9 Å². The van der Waals surface area contributed by atoms with Gasteiger partial charge in [0.2, 0.25) is 11.8 Å². The summed E-state index contributed by atoms with van der Waals surface area (Å²) in [6, 6.07) is 2.44. The maximum absolute atomic E-state index is 13.9. The topological polar surface area (TPSA) is 134 Å². The molecule has 3 amide bonds. The summed E-state index contributed by atoms with van der Waals surface area (Å²) >= 11 is 4.28. The van der Waals surface area contributed by atoms with Crippen molar-refractivity contribution in [2.75, 3.05) is 18.9 Å². The van der Waals surface area contributed by atoms with Crippen LogP contribution in [0.5, 0.6) is 5.75 Å². The molecule has 0 heterocycles. The SMILES string of the molecule is CCOC(=O)CCNC(=O)C(c1cccc(C)c1O)N(C(=O)C(CS)NC(=O)OC(C)(C)C)C1CCC1. The molecule has 37 heavy (non-hydrogen) atoms. The first kappa shape index (κ1) is 30.3. The van der Waals surface area contributed by atoms with Crippen molar-refractivity contribution in [3.8, 4) is 5.75 Å². The van der Waals surface area contributed by atoms with E-state index < -0.39 is 41.6 Å². The van der Waals surface area contributed by atoms with Crippen LogP contribution < -0.4 is 10.6 Å². The summed E-state index contributed by atoms with van der Waals surface area (Å²) in [6.07, 6.45) is 1.38. The smallest absolute Gasteiger partial charge is 0.408 e. The van der Waals surface area contributed by atoms with Gasteiger partial charge < -0.3 is 30.1 Å². The lowest BCUT2D eigenvalue weighted by molar-refractivity contribution is -0.147. The molecular formula is C26H39N3O7S. The molecule has 0 aliphatic heterocycles. The van der Waals surface area contributed by atoms with Crippen molar-refractivity contribution in [1.82, 2.24) is 15.5 Å². The van der Waals surface area contributed by atoms with E-state index in [9.17, 15) is 24.3 Å². The predicted octanol–water partition coefficient (Wildman–Crippen LogP) is 3.02. The zero-order valence-corrected chi connectivity index (χ0v) is 23.1. The summed E-state index contributed by atoms with van der Waals surface area (Å²) in [6.45, 7) is 8.75. The maximum Gasteiger partial charge on any atom is 0.408 e. The molecule has 0 radical (unpaired) electrons. The average Bonchev–Trinajstić information content (AvgIpc) is 2.77. The predicted molar refractivity (Wildman–Crippen MR) is 141 cm³/mol. The Labute approximate surface area is 223 Å². The Hall–Kier alpha value is -2.95. The van der Waals surface area contributed by atoms with Gasteiger partial charge in [0.15, 0.2) is 0 Å². The van der Waals surface area contributed by atoms with Crippen LogP contribution in [-0.4, -0.2) is 70.5 Å². The number of carbonyl (C=O) groups is 4. The van der Waals surface area contributed by atoms with Gasteiger partial charge in [0.1, 0.15) is 23.4 Å². The Morgan fingerprint density at radius 1 is 1.22 bits per heavy atom. The Bertz CT molecular complexity index is 975. The molecule has 0 aromatic heterocycles. The standard InChI is InChI=1S/C26H39N3O7S/c1-6-35-20(30)13-14-27-23(32)21(18-12-7-9-16(2)22(18)31)29(17-10-8-11-17)24(33)19(15-37)28-25(34)36-26(3,4)5/h7,9,12,17,19,21,31,37H,6,8,10-11,13-15H2,1-5H3,(H,27,32)(H,28,34). The zero-order valence-electron chi connectivity index (χ0n) is 22.2. The molecule has 0 saturated heterocycles. The third-order valence-corrected chi connectivity index (χ3v) is 6.28. The number of benzene rings is 1. The summed E-state index contributed by atoms with van der Waals surface area (Å²) in [7, 11) is 0. The number of phenols is 1. The minimum atomic E-state index is -1.19. The number of thiol groups is 1. The van der Waals surface area contributed by atoms with Gasteiger partial charge in [-0.15, -0.1) is 0 Å². The second-order valence-corrected chi connectivity index (χ2v) is 10.3. The highest BCUT2D eigenvalue weighted by Crippen LogP contribution is 2.37. The first-order valence-corrected chi connectivity index (χ1v) is 13.2. The van der Waals surface area contributed by atoms with E-state index in [1.165, 1.54) is 4.90 Å². The van der Waals surface area contributed by atoms with Crippen LogP contribution in [0.15, 0.2) is 18.2 Å². The van der Waals surface area contributed by atoms with Crippen LogP contribution >= 0.6 is 12.6 Å². The van der Waals surface area contributed by atoms with Crippen LogP contribution in [-0.2, 0) is 23.9 Å². The molecule has 1 aliphatic carbocycles. The van der Waals surface area contributed by atoms with Gasteiger partial charge >= 0.3 is 12.1 Å². The average molecular weight is 538 g/mol. The van der Waals surface area contributed by atoms with E-state index in [0.717, 1.165) is 6.42 Å². The van der Waals surface area contributed by atoms with E-state index in [1.54, 1.807) is 52.8 Å². The fraction of sp³-hybridized carbons (Fsp3) is 0.615. The summed E-state index contributed by atoms with van der Waals surface area (Å²) in [5.41, 5.74) is 0.0286. The number of nitrogens with zero attached hydrogens (tertiary/aromatic N) is 1. The molecule has 3 N–H and O–H groups in total. The molecular weight excluding hydrogens is 498 g/mol. The number of alkyl carbamates (subject to hydrolysis) is 1. The number of hydrogen-bond donors (Lipinski definition) is 4. The molecule has 1 aromatic carbocycles. The number of nitrogens with one attached hydrogen (secondary N) is 2. The number of phenolic OH excluding ortho intramolecular Hbond substituents is 1. The van der Waals surface area contributed by atoms with Crippen LogP contribution in [0.1, 0.15) is 70.5 Å². The number of hydrogen-bond acceptors (Lipinski definition) is 8. The van der Waals surface area contributed by atoms with Gasteiger partial charge in [-0.05, 0) is 59.4 Å². The lowest BCUT2D eigenvalue weighted by atomic mass is 9.87. The summed E-state index contributed by atoms with van der Waals surface area (Å²) in [4.78, 5) is 53.0. The van der Waals surface area contributed by atoms with Crippen molar-refractivity contribution in [3.63, 3.8) is 0 Å². The molecule has 1 fully saturated rings. The van der Waals surface area contributed by atoms with Gasteiger partial charge in [0.25, 0.3) is 0 Å². The number of aryl methyl sites for hydroxylation is 1. The van der Waals surface area contributed by atoms with Gasteiger partial charge in [-0.3, -0.25) is 14.4 Å². The Morgan fingerprint density at radius 2 is 1.89 bits per heavy atom. The van der Waals surface area contributed by atoms with Crippen LogP contribution in [0.2, 0.25) is 0 Å². The van der Waals surface area contributed by atoms with E-state index >= 15 is 0 Å². The second-order valence-electron chi connectivity index (χ2n) is 9.97. The van der Waals surface area contributed by atoms with E-state index in [-0.39, 0.29) is 42.7 Å². The van der Waals surface area contributed by atoms with Crippen molar-refractivity contribution in [1.29, 1.82) is 0 Å². The van der Waals surface area contributed by atoms with E-state index in [2.05, 4.69) is 23.3 Å². The fourth-order valence-corrected chi connectivity index (χ4v) is 4.18. The summed E-state index contributed by atoms with van der Waals surface area (Å²) in [5.74, 6) is -1.66. The number of aromatic hydroxyl groups is 1. The van der Waals surface area contributed by atoms with Crippen LogP contribution in [0.3, 0.4) is 0 Å². The van der Waals surface area contributed by atoms with Crippen molar-refractivity contribution in [3.05, 3.63) is 29.3 Å². The maximum atomic E-state index is 13.9. The van der Waals surface area contributed by atoms with Gasteiger partial charge in [-0.25, -0.2) is 4.79 Å². The number of amides is 3. The first-order chi connectivity index (χ1) is 17.4. The third-order valence-electron chi connectivity index (χ3n) is 5.92. The van der Waals surface area contributed by atoms with Crippen LogP contribution in [0.25, 0.3) is 0 Å². The summed E-state index contributed by atoms with van der Waals surface area (Å²) in [5, 5.41) is 16.1. The number of ether oxygens (including phenoxy) is 2. The number of esters is 1. The molecule has 2 rings (SSSR count). The first-order valence-electron chi connectivity index (χ1n) is 12.5. The molecule has 2 atom stereocenters. The monoisotopic (exact) mass is 537 g/mol. The highest BCUT2D eigenvalue weighted by Gasteiger charge is 2.42. The normalized spacial score (nSPS) is 15.1. The molecule has 0 spiro atoms. The van der Waals surface area contributed by atoms with Crippen LogP contribution in [0, 0.1) is 6.92 Å². The molecule has 1 aromatic rings. The van der Waals surface area contributed by atoms with Gasteiger partial charge in [-0.1, -0.05) is 18.2 Å².